The fraction of sp³-hybridized carbons (Fsp3) is 0.476. The van der Waals surface area contributed by atoms with E-state index in [9.17, 15) is 22.4 Å². The summed E-state index contributed by atoms with van der Waals surface area (Å²) in [6.45, 7) is 3.89. The molecule has 2 heterocycles. The molecular formula is C21H24F4N4O3. The molecule has 0 unspecified atom stereocenters. The third kappa shape index (κ3) is 7.33. The maximum Gasteiger partial charge on any atom is 0.490 e. The second-order valence-corrected chi connectivity index (χ2v) is 7.91. The topological polar surface area (TPSA) is 87.5 Å². The summed E-state index contributed by atoms with van der Waals surface area (Å²) in [5.41, 5.74) is 2.02. The van der Waals surface area contributed by atoms with Crippen LogP contribution in [-0.4, -0.2) is 44.2 Å². The first-order chi connectivity index (χ1) is 15.1. The number of hydrogen-bond donors (Lipinski definition) is 2. The van der Waals surface area contributed by atoms with E-state index in [4.69, 9.17) is 9.90 Å². The van der Waals surface area contributed by atoms with Crippen molar-refractivity contribution in [1.82, 2.24) is 19.8 Å². The molecule has 0 bridgehead atoms. The average molecular weight is 456 g/mol. The van der Waals surface area contributed by atoms with Crippen molar-refractivity contribution in [3.8, 4) is 0 Å². The van der Waals surface area contributed by atoms with Gasteiger partial charge in [-0.3, -0.25) is 9.69 Å². The number of alkyl halides is 3. The molecule has 0 saturated heterocycles. The maximum atomic E-state index is 13.0. The van der Waals surface area contributed by atoms with Crippen molar-refractivity contribution < 1.29 is 32.3 Å². The number of rotatable bonds is 6. The average Bonchev–Trinajstić information content (AvgIpc) is 3.44. The second kappa shape index (κ2) is 10.1. The summed E-state index contributed by atoms with van der Waals surface area (Å²) in [5.74, 6) is -1.19. The van der Waals surface area contributed by atoms with Gasteiger partial charge in [0, 0.05) is 32.3 Å². The van der Waals surface area contributed by atoms with Gasteiger partial charge in [0.1, 0.15) is 11.6 Å². The second-order valence-electron chi connectivity index (χ2n) is 7.91. The van der Waals surface area contributed by atoms with Crippen LogP contribution >= 0.6 is 0 Å². The van der Waals surface area contributed by atoms with Gasteiger partial charge in [-0.2, -0.15) is 13.2 Å². The molecule has 1 amide bonds. The lowest BCUT2D eigenvalue weighted by atomic mass is 10.2. The van der Waals surface area contributed by atoms with Gasteiger partial charge < -0.3 is 15.0 Å². The molecule has 1 aliphatic heterocycles. The van der Waals surface area contributed by atoms with Gasteiger partial charge >= 0.3 is 12.1 Å². The Hall–Kier alpha value is -2.95. The third-order valence-corrected chi connectivity index (χ3v) is 5.13. The third-order valence-electron chi connectivity index (χ3n) is 5.13. The van der Waals surface area contributed by atoms with E-state index < -0.39 is 12.1 Å². The fourth-order valence-corrected chi connectivity index (χ4v) is 3.27. The minimum absolute atomic E-state index is 0.131. The Morgan fingerprint density at radius 3 is 2.41 bits per heavy atom. The van der Waals surface area contributed by atoms with Crippen LogP contribution in [0.5, 0.6) is 0 Å². The van der Waals surface area contributed by atoms with E-state index >= 15 is 0 Å². The summed E-state index contributed by atoms with van der Waals surface area (Å²) in [5, 5.41) is 10.1. The van der Waals surface area contributed by atoms with Crippen molar-refractivity contribution in [3.05, 3.63) is 53.4 Å². The van der Waals surface area contributed by atoms with Gasteiger partial charge in [-0.15, -0.1) is 0 Å². The Morgan fingerprint density at radius 1 is 1.16 bits per heavy atom. The number of carbonyl (C=O) groups excluding carboxylic acids is 1. The lowest BCUT2D eigenvalue weighted by Crippen LogP contribution is -2.33. The van der Waals surface area contributed by atoms with Gasteiger partial charge in [0.15, 0.2) is 0 Å². The number of aromatic nitrogens is 2. The predicted molar refractivity (Wildman–Crippen MR) is 106 cm³/mol. The van der Waals surface area contributed by atoms with Gasteiger partial charge in [-0.05, 0) is 36.5 Å². The van der Waals surface area contributed by atoms with Crippen molar-refractivity contribution >= 4 is 11.9 Å². The number of nitrogens with one attached hydrogen (secondary N) is 1. The van der Waals surface area contributed by atoms with Crippen LogP contribution in [0.15, 0.2) is 30.5 Å². The number of carboxylic acid groups (broad SMARTS) is 1. The summed E-state index contributed by atoms with van der Waals surface area (Å²) < 4.78 is 46.9. The number of fused-ring (bicyclic) bond motifs is 1. The zero-order chi connectivity index (χ0) is 23.3. The number of aliphatic carboxylic acids is 1. The van der Waals surface area contributed by atoms with Gasteiger partial charge in [0.25, 0.3) is 0 Å². The summed E-state index contributed by atoms with van der Waals surface area (Å²) in [7, 11) is 0. The summed E-state index contributed by atoms with van der Waals surface area (Å²) in [6.07, 6.45) is -0.00679. The van der Waals surface area contributed by atoms with Gasteiger partial charge in [0.2, 0.25) is 5.91 Å². The van der Waals surface area contributed by atoms with E-state index in [1.165, 1.54) is 25.0 Å². The summed E-state index contributed by atoms with van der Waals surface area (Å²) in [4.78, 5) is 27.7. The minimum atomic E-state index is -5.08. The number of benzene rings is 1. The molecule has 4 rings (SSSR count). The first kappa shape index (κ1) is 23.7. The van der Waals surface area contributed by atoms with Crippen LogP contribution in [0.25, 0.3) is 0 Å². The number of carboxylic acids is 1. The van der Waals surface area contributed by atoms with Crippen LogP contribution in [0.3, 0.4) is 0 Å². The number of hydrogen-bond acceptors (Lipinski definition) is 4. The molecule has 1 aliphatic carbocycles. The normalized spacial score (nSPS) is 16.0. The van der Waals surface area contributed by atoms with E-state index in [0.717, 1.165) is 43.3 Å². The molecule has 174 valence electrons. The fourth-order valence-electron chi connectivity index (χ4n) is 3.27. The molecule has 1 fully saturated rings. The molecule has 1 aromatic carbocycles. The van der Waals surface area contributed by atoms with E-state index in [2.05, 4.69) is 19.8 Å². The molecule has 32 heavy (non-hydrogen) atoms. The van der Waals surface area contributed by atoms with Crippen LogP contribution in [0, 0.1) is 11.7 Å². The number of halogens is 4. The van der Waals surface area contributed by atoms with Crippen molar-refractivity contribution in [2.24, 2.45) is 5.92 Å². The Labute approximate surface area is 182 Å². The van der Waals surface area contributed by atoms with E-state index in [-0.39, 0.29) is 11.7 Å². The van der Waals surface area contributed by atoms with Gasteiger partial charge in [-0.1, -0.05) is 12.1 Å². The molecule has 2 aliphatic rings. The molecular weight excluding hydrogens is 432 g/mol. The van der Waals surface area contributed by atoms with E-state index in [1.54, 1.807) is 0 Å². The zero-order valence-corrected chi connectivity index (χ0v) is 17.2. The highest BCUT2D eigenvalue weighted by molar-refractivity contribution is 5.76. The quantitative estimate of drug-likeness (QED) is 0.653. The number of amides is 1. The molecule has 0 radical (unpaired) electrons. The van der Waals surface area contributed by atoms with E-state index in [1.807, 2.05) is 18.3 Å². The maximum absolute atomic E-state index is 13.0. The first-order valence-corrected chi connectivity index (χ1v) is 10.2. The monoisotopic (exact) mass is 456 g/mol. The smallest absolute Gasteiger partial charge is 0.475 e. The van der Waals surface area contributed by atoms with Crippen molar-refractivity contribution in [1.29, 1.82) is 0 Å². The van der Waals surface area contributed by atoms with Crippen molar-refractivity contribution in [2.45, 2.75) is 51.6 Å². The van der Waals surface area contributed by atoms with Gasteiger partial charge in [0.05, 0.1) is 18.8 Å². The standard InChI is InChI=1S/C19H23FN4O.C2HF3O2/c20-16-5-3-15(4-6-16)11-23-7-8-24-12-17(22-18(24)13-23)10-21-19(25)9-14-1-2-14;3-2(4,5)1(6)7/h3-6,12,14H,1-2,7-11,13H2,(H,21,25);(H,6,7). The summed E-state index contributed by atoms with van der Waals surface area (Å²) in [6, 6.07) is 6.67. The zero-order valence-electron chi connectivity index (χ0n) is 17.2. The summed E-state index contributed by atoms with van der Waals surface area (Å²) >= 11 is 0. The highest BCUT2D eigenvalue weighted by Gasteiger charge is 2.38. The van der Waals surface area contributed by atoms with Crippen LogP contribution < -0.4 is 5.32 Å². The molecule has 1 aromatic heterocycles. The molecule has 11 heteroatoms. The first-order valence-electron chi connectivity index (χ1n) is 10.2. The van der Waals surface area contributed by atoms with Crippen LogP contribution in [0.4, 0.5) is 17.6 Å². The Bertz CT molecular complexity index is 940. The van der Waals surface area contributed by atoms with Crippen molar-refractivity contribution in [2.75, 3.05) is 6.54 Å². The van der Waals surface area contributed by atoms with Crippen LogP contribution in [0.1, 0.15) is 36.3 Å². The Balaban J connectivity index is 0.000000360. The largest absolute Gasteiger partial charge is 0.490 e. The SMILES string of the molecule is O=C(CC1CC1)NCc1cn2c(n1)CN(Cc1ccc(F)cc1)CC2.O=C(O)C(F)(F)F. The Morgan fingerprint density at radius 2 is 1.81 bits per heavy atom. The molecule has 2 aromatic rings. The highest BCUT2D eigenvalue weighted by atomic mass is 19.4. The lowest BCUT2D eigenvalue weighted by Gasteiger charge is -2.27. The number of imidazole rings is 1. The Kier molecular flexibility index (Phi) is 7.49. The molecule has 2 N–H and O–H groups in total. The van der Waals surface area contributed by atoms with Gasteiger partial charge in [-0.25, -0.2) is 14.2 Å². The molecule has 0 spiro atoms. The molecule has 7 nitrogen and oxygen atoms in total. The van der Waals surface area contributed by atoms with Crippen molar-refractivity contribution in [3.63, 3.8) is 0 Å². The molecule has 0 atom stereocenters. The number of carbonyl (C=O) groups is 2. The van der Waals surface area contributed by atoms with E-state index in [0.29, 0.717) is 18.9 Å². The predicted octanol–water partition coefficient (Wildman–Crippen LogP) is 3.09. The highest BCUT2D eigenvalue weighted by Crippen LogP contribution is 2.32. The van der Waals surface area contributed by atoms with Crippen LogP contribution in [-0.2, 0) is 35.8 Å². The minimum Gasteiger partial charge on any atom is -0.475 e. The molecule has 1 saturated carbocycles. The number of nitrogens with zero attached hydrogens (tertiary/aromatic N) is 3. The van der Waals surface area contributed by atoms with Crippen LogP contribution in [0.2, 0.25) is 0 Å². The lowest BCUT2D eigenvalue weighted by molar-refractivity contribution is -0.192.